The van der Waals surface area contributed by atoms with Gasteiger partial charge in [-0.25, -0.2) is 4.98 Å². The molecule has 0 unspecified atom stereocenters. The number of amides is 1. The van der Waals surface area contributed by atoms with Crippen molar-refractivity contribution in [1.29, 1.82) is 0 Å². The SMILES string of the molecule is COCCCNC(=O)c1ccc(Nc2cccc(Cl)c2C)cn1. The van der Waals surface area contributed by atoms with Gasteiger partial charge in [0.15, 0.2) is 0 Å². The fraction of sp³-hybridized carbons (Fsp3) is 0.294. The van der Waals surface area contributed by atoms with Gasteiger partial charge in [0.05, 0.1) is 11.9 Å². The quantitative estimate of drug-likeness (QED) is 0.760. The molecule has 0 spiro atoms. The number of aromatic nitrogens is 1. The molecule has 2 N–H and O–H groups in total. The fourth-order valence-electron chi connectivity index (χ4n) is 2.01. The smallest absolute Gasteiger partial charge is 0.269 e. The Morgan fingerprint density at radius 1 is 1.30 bits per heavy atom. The van der Waals surface area contributed by atoms with Crippen molar-refractivity contribution in [3.63, 3.8) is 0 Å². The van der Waals surface area contributed by atoms with E-state index in [-0.39, 0.29) is 5.91 Å². The summed E-state index contributed by atoms with van der Waals surface area (Å²) in [5.41, 5.74) is 3.06. The van der Waals surface area contributed by atoms with Crippen LogP contribution >= 0.6 is 11.6 Å². The van der Waals surface area contributed by atoms with Crippen LogP contribution in [0, 0.1) is 6.92 Å². The van der Waals surface area contributed by atoms with Crippen LogP contribution in [-0.4, -0.2) is 31.2 Å². The minimum Gasteiger partial charge on any atom is -0.385 e. The molecule has 0 bridgehead atoms. The van der Waals surface area contributed by atoms with E-state index in [1.807, 2.05) is 31.2 Å². The Morgan fingerprint density at radius 2 is 2.13 bits per heavy atom. The van der Waals surface area contributed by atoms with Gasteiger partial charge in [0.25, 0.3) is 5.91 Å². The van der Waals surface area contributed by atoms with Crippen LogP contribution in [0.4, 0.5) is 11.4 Å². The molecule has 5 nitrogen and oxygen atoms in total. The number of hydrogen-bond donors (Lipinski definition) is 2. The molecule has 1 heterocycles. The maximum Gasteiger partial charge on any atom is 0.269 e. The number of anilines is 2. The number of nitrogens with one attached hydrogen (secondary N) is 2. The van der Waals surface area contributed by atoms with Crippen molar-refractivity contribution in [2.24, 2.45) is 0 Å². The Balaban J connectivity index is 1.96. The number of methoxy groups -OCH3 is 1. The summed E-state index contributed by atoms with van der Waals surface area (Å²) in [6.07, 6.45) is 2.40. The van der Waals surface area contributed by atoms with Crippen molar-refractivity contribution >= 4 is 28.9 Å². The van der Waals surface area contributed by atoms with Crippen LogP contribution in [0.25, 0.3) is 0 Å². The molecular formula is C17H20ClN3O2. The Bertz CT molecular complexity index is 659. The molecule has 122 valence electrons. The molecule has 2 aromatic rings. The van der Waals surface area contributed by atoms with Crippen LogP contribution in [0.2, 0.25) is 5.02 Å². The number of pyridine rings is 1. The maximum absolute atomic E-state index is 11.9. The summed E-state index contributed by atoms with van der Waals surface area (Å²) >= 11 is 6.10. The zero-order valence-electron chi connectivity index (χ0n) is 13.2. The van der Waals surface area contributed by atoms with Crippen LogP contribution in [0.15, 0.2) is 36.5 Å². The van der Waals surface area contributed by atoms with E-state index in [1.165, 1.54) is 0 Å². The Labute approximate surface area is 141 Å². The molecule has 0 aliphatic rings. The van der Waals surface area contributed by atoms with E-state index in [4.69, 9.17) is 16.3 Å². The minimum absolute atomic E-state index is 0.188. The molecule has 0 saturated carbocycles. The van der Waals surface area contributed by atoms with E-state index in [0.29, 0.717) is 23.9 Å². The molecule has 0 atom stereocenters. The Kier molecular flexibility index (Phi) is 6.38. The minimum atomic E-state index is -0.188. The van der Waals surface area contributed by atoms with E-state index in [1.54, 1.807) is 19.4 Å². The first kappa shape index (κ1) is 17.2. The molecular weight excluding hydrogens is 314 g/mol. The molecule has 0 aliphatic carbocycles. The van der Waals surface area contributed by atoms with E-state index >= 15 is 0 Å². The number of nitrogens with zero attached hydrogens (tertiary/aromatic N) is 1. The van der Waals surface area contributed by atoms with Gasteiger partial charge in [0.1, 0.15) is 5.69 Å². The summed E-state index contributed by atoms with van der Waals surface area (Å²) in [4.78, 5) is 16.1. The third-order valence-corrected chi connectivity index (χ3v) is 3.76. The fourth-order valence-corrected chi connectivity index (χ4v) is 2.18. The third kappa shape index (κ3) is 4.94. The number of halogens is 1. The number of benzene rings is 1. The molecule has 1 aromatic carbocycles. The van der Waals surface area contributed by atoms with Crippen LogP contribution in [0.1, 0.15) is 22.5 Å². The maximum atomic E-state index is 11.9. The number of hydrogen-bond acceptors (Lipinski definition) is 4. The predicted molar refractivity (Wildman–Crippen MR) is 92.5 cm³/mol. The first-order valence-corrected chi connectivity index (χ1v) is 7.75. The second kappa shape index (κ2) is 8.50. The molecule has 23 heavy (non-hydrogen) atoms. The normalized spacial score (nSPS) is 10.4. The standard InChI is InChI=1S/C17H20ClN3O2/c1-12-14(18)5-3-6-15(12)21-13-7-8-16(20-11-13)17(22)19-9-4-10-23-2/h3,5-8,11,21H,4,9-10H2,1-2H3,(H,19,22). The van der Waals surface area contributed by atoms with Crippen molar-refractivity contribution in [1.82, 2.24) is 10.3 Å². The molecule has 1 aromatic heterocycles. The second-order valence-electron chi connectivity index (χ2n) is 5.07. The van der Waals surface area contributed by atoms with Crippen molar-refractivity contribution < 1.29 is 9.53 Å². The van der Waals surface area contributed by atoms with Gasteiger partial charge in [-0.3, -0.25) is 4.79 Å². The van der Waals surface area contributed by atoms with Gasteiger partial charge in [0.2, 0.25) is 0 Å². The van der Waals surface area contributed by atoms with Gasteiger partial charge in [-0.15, -0.1) is 0 Å². The molecule has 1 amide bonds. The van der Waals surface area contributed by atoms with Crippen LogP contribution in [-0.2, 0) is 4.74 Å². The highest BCUT2D eigenvalue weighted by molar-refractivity contribution is 6.31. The molecule has 0 radical (unpaired) electrons. The number of ether oxygens (including phenoxy) is 1. The first-order chi connectivity index (χ1) is 11.1. The second-order valence-corrected chi connectivity index (χ2v) is 5.48. The van der Waals surface area contributed by atoms with Crippen LogP contribution in [0.3, 0.4) is 0 Å². The average molecular weight is 334 g/mol. The van der Waals surface area contributed by atoms with Gasteiger partial charge < -0.3 is 15.4 Å². The summed E-state index contributed by atoms with van der Waals surface area (Å²) < 4.78 is 4.94. The largest absolute Gasteiger partial charge is 0.385 e. The van der Waals surface area contributed by atoms with E-state index in [0.717, 1.165) is 23.4 Å². The lowest BCUT2D eigenvalue weighted by molar-refractivity contribution is 0.0943. The number of carbonyl (C=O) groups excluding carboxylic acids is 1. The molecule has 6 heteroatoms. The Morgan fingerprint density at radius 3 is 2.83 bits per heavy atom. The van der Waals surface area contributed by atoms with E-state index in [2.05, 4.69) is 15.6 Å². The molecule has 0 saturated heterocycles. The van der Waals surface area contributed by atoms with Gasteiger partial charge in [0, 0.05) is 31.0 Å². The summed E-state index contributed by atoms with van der Waals surface area (Å²) in [6, 6.07) is 9.17. The van der Waals surface area contributed by atoms with Crippen LogP contribution in [0.5, 0.6) is 0 Å². The predicted octanol–water partition coefficient (Wildman–Crippen LogP) is 3.55. The van der Waals surface area contributed by atoms with Crippen molar-refractivity contribution in [3.8, 4) is 0 Å². The highest BCUT2D eigenvalue weighted by atomic mass is 35.5. The van der Waals surface area contributed by atoms with E-state index in [9.17, 15) is 4.79 Å². The lowest BCUT2D eigenvalue weighted by Crippen LogP contribution is -2.26. The summed E-state index contributed by atoms with van der Waals surface area (Å²) in [5.74, 6) is -0.188. The third-order valence-electron chi connectivity index (χ3n) is 3.35. The van der Waals surface area contributed by atoms with Crippen LogP contribution < -0.4 is 10.6 Å². The van der Waals surface area contributed by atoms with Gasteiger partial charge in [-0.1, -0.05) is 17.7 Å². The van der Waals surface area contributed by atoms with Crippen molar-refractivity contribution in [2.75, 3.05) is 25.6 Å². The topological polar surface area (TPSA) is 63.2 Å². The molecule has 2 rings (SSSR count). The Hall–Kier alpha value is -2.11. The summed E-state index contributed by atoms with van der Waals surface area (Å²) in [5, 5.41) is 6.75. The summed E-state index contributed by atoms with van der Waals surface area (Å²) in [6.45, 7) is 3.13. The zero-order chi connectivity index (χ0) is 16.7. The van der Waals surface area contributed by atoms with Crippen molar-refractivity contribution in [3.05, 3.63) is 52.8 Å². The molecule has 0 fully saturated rings. The zero-order valence-corrected chi connectivity index (χ0v) is 14.0. The number of carbonyl (C=O) groups is 1. The number of rotatable bonds is 7. The highest BCUT2D eigenvalue weighted by Crippen LogP contribution is 2.25. The average Bonchev–Trinajstić information content (AvgIpc) is 2.56. The highest BCUT2D eigenvalue weighted by Gasteiger charge is 2.07. The van der Waals surface area contributed by atoms with Crippen molar-refractivity contribution in [2.45, 2.75) is 13.3 Å². The summed E-state index contributed by atoms with van der Waals surface area (Å²) in [7, 11) is 1.64. The monoisotopic (exact) mass is 333 g/mol. The first-order valence-electron chi connectivity index (χ1n) is 7.37. The van der Waals surface area contributed by atoms with Gasteiger partial charge >= 0.3 is 0 Å². The molecule has 0 aliphatic heterocycles. The lowest BCUT2D eigenvalue weighted by Gasteiger charge is -2.11. The van der Waals surface area contributed by atoms with Gasteiger partial charge in [-0.2, -0.15) is 0 Å². The van der Waals surface area contributed by atoms with E-state index < -0.39 is 0 Å². The lowest BCUT2D eigenvalue weighted by atomic mass is 10.2. The van der Waals surface area contributed by atoms with Gasteiger partial charge in [-0.05, 0) is 43.2 Å².